The van der Waals surface area contributed by atoms with Crippen LogP contribution in [0.25, 0.3) is 0 Å². The molecule has 0 spiro atoms. The number of aromatic nitrogens is 2. The number of aromatic amines is 1. The molecule has 2 aromatic rings. The van der Waals surface area contributed by atoms with Crippen LogP contribution in [-0.2, 0) is 36.9 Å². The quantitative estimate of drug-likeness (QED) is 0.386. The van der Waals surface area contributed by atoms with E-state index in [0.717, 1.165) is 5.56 Å². The van der Waals surface area contributed by atoms with E-state index >= 15 is 0 Å². The van der Waals surface area contributed by atoms with Crippen LogP contribution in [0.15, 0.2) is 42.9 Å². The van der Waals surface area contributed by atoms with Gasteiger partial charge >= 0.3 is 12.1 Å². The number of benzene rings is 1. The normalized spacial score (nSPS) is 11.1. The fourth-order valence-corrected chi connectivity index (χ4v) is 2.37. The summed E-state index contributed by atoms with van der Waals surface area (Å²) in [7, 11) is 1.21. The fourth-order valence-electron chi connectivity index (χ4n) is 2.37. The van der Waals surface area contributed by atoms with E-state index in [2.05, 4.69) is 30.7 Å². The van der Waals surface area contributed by atoms with Gasteiger partial charge in [0.05, 0.1) is 20.0 Å². The number of ether oxygens (including phenoxy) is 2. The molecule has 11 heteroatoms. The summed E-state index contributed by atoms with van der Waals surface area (Å²) in [6.45, 7) is -0.673. The van der Waals surface area contributed by atoms with Crippen molar-refractivity contribution in [1.82, 2.24) is 25.9 Å². The third-order valence-corrected chi connectivity index (χ3v) is 3.85. The van der Waals surface area contributed by atoms with E-state index in [-0.39, 0.29) is 26.1 Å². The zero-order chi connectivity index (χ0) is 21.8. The van der Waals surface area contributed by atoms with Gasteiger partial charge in [-0.25, -0.2) is 14.6 Å². The van der Waals surface area contributed by atoms with Crippen LogP contribution >= 0.6 is 0 Å². The summed E-state index contributed by atoms with van der Waals surface area (Å²) in [5.74, 6) is -1.82. The number of carbonyl (C=O) groups excluding carboxylic acids is 4. The van der Waals surface area contributed by atoms with Gasteiger partial charge in [0, 0.05) is 18.3 Å². The maximum atomic E-state index is 12.0. The molecule has 1 unspecified atom stereocenters. The first-order valence-corrected chi connectivity index (χ1v) is 9.03. The number of methoxy groups -OCH3 is 1. The molecule has 160 valence electrons. The van der Waals surface area contributed by atoms with Crippen molar-refractivity contribution in [3.63, 3.8) is 0 Å². The zero-order valence-electron chi connectivity index (χ0n) is 16.3. The number of amides is 3. The highest BCUT2D eigenvalue weighted by Gasteiger charge is 2.22. The molecule has 0 radical (unpaired) electrons. The predicted octanol–water partition coefficient (Wildman–Crippen LogP) is -0.347. The van der Waals surface area contributed by atoms with Crippen LogP contribution in [-0.4, -0.2) is 60.1 Å². The van der Waals surface area contributed by atoms with Crippen molar-refractivity contribution in [3.05, 3.63) is 54.1 Å². The van der Waals surface area contributed by atoms with Crippen molar-refractivity contribution in [2.45, 2.75) is 19.1 Å². The number of imidazole rings is 1. The molecule has 0 fully saturated rings. The maximum Gasteiger partial charge on any atom is 0.407 e. The van der Waals surface area contributed by atoms with E-state index in [1.165, 1.54) is 19.6 Å². The van der Waals surface area contributed by atoms with Gasteiger partial charge in [-0.05, 0) is 5.56 Å². The molecule has 1 heterocycles. The highest BCUT2D eigenvalue weighted by Crippen LogP contribution is 2.01. The zero-order valence-corrected chi connectivity index (χ0v) is 16.3. The summed E-state index contributed by atoms with van der Waals surface area (Å²) in [4.78, 5) is 53.9. The van der Waals surface area contributed by atoms with Crippen molar-refractivity contribution in [1.29, 1.82) is 0 Å². The smallest absolute Gasteiger partial charge is 0.407 e. The van der Waals surface area contributed by atoms with Gasteiger partial charge in [0.2, 0.25) is 11.8 Å². The van der Waals surface area contributed by atoms with Crippen LogP contribution < -0.4 is 16.0 Å². The Labute approximate surface area is 172 Å². The molecule has 1 aromatic carbocycles. The Morgan fingerprint density at radius 3 is 2.47 bits per heavy atom. The van der Waals surface area contributed by atoms with Crippen LogP contribution in [0.3, 0.4) is 0 Å². The minimum absolute atomic E-state index is 0.0714. The van der Waals surface area contributed by atoms with Gasteiger partial charge in [0.25, 0.3) is 0 Å². The molecule has 0 aliphatic carbocycles. The first-order chi connectivity index (χ1) is 14.5. The van der Waals surface area contributed by atoms with Crippen molar-refractivity contribution in [2.75, 3.05) is 20.2 Å². The van der Waals surface area contributed by atoms with E-state index < -0.39 is 29.9 Å². The Hall–Kier alpha value is -3.89. The number of rotatable bonds is 10. The molecule has 3 amide bonds. The Balaban J connectivity index is 1.67. The minimum atomic E-state index is -0.939. The molecule has 0 saturated heterocycles. The summed E-state index contributed by atoms with van der Waals surface area (Å²) >= 11 is 0. The van der Waals surface area contributed by atoms with E-state index in [0.29, 0.717) is 5.69 Å². The van der Waals surface area contributed by atoms with Crippen molar-refractivity contribution in [2.24, 2.45) is 0 Å². The number of alkyl carbamates (subject to hydrolysis) is 1. The Kier molecular flexibility index (Phi) is 8.84. The van der Waals surface area contributed by atoms with Crippen molar-refractivity contribution in [3.8, 4) is 0 Å². The summed E-state index contributed by atoms with van der Waals surface area (Å²) < 4.78 is 9.65. The molecule has 0 saturated carbocycles. The summed E-state index contributed by atoms with van der Waals surface area (Å²) in [5.41, 5.74) is 1.44. The van der Waals surface area contributed by atoms with Crippen LogP contribution in [0.2, 0.25) is 0 Å². The highest BCUT2D eigenvalue weighted by atomic mass is 16.5. The van der Waals surface area contributed by atoms with Crippen LogP contribution in [0.4, 0.5) is 4.79 Å². The largest absolute Gasteiger partial charge is 0.467 e. The van der Waals surface area contributed by atoms with Gasteiger partial charge in [0.1, 0.15) is 19.2 Å². The topological polar surface area (TPSA) is 152 Å². The Morgan fingerprint density at radius 1 is 1.07 bits per heavy atom. The van der Waals surface area contributed by atoms with Crippen molar-refractivity contribution >= 4 is 23.9 Å². The Bertz CT molecular complexity index is 840. The standard InChI is InChI=1S/C19H23N5O6/c1-29-18(27)15(7-14-8-20-12-23-14)24-17(26)10-21-16(25)9-22-19(28)30-11-13-5-3-2-4-6-13/h2-6,8,12,15H,7,9-11H2,1H3,(H,20,23)(H,21,25)(H,22,28)(H,24,26). The van der Waals surface area contributed by atoms with Crippen LogP contribution in [0.1, 0.15) is 11.3 Å². The number of nitrogens with zero attached hydrogens (tertiary/aromatic N) is 1. The number of esters is 1. The maximum absolute atomic E-state index is 12.0. The predicted molar refractivity (Wildman–Crippen MR) is 104 cm³/mol. The van der Waals surface area contributed by atoms with Gasteiger partial charge in [-0.1, -0.05) is 30.3 Å². The third kappa shape index (κ3) is 8.00. The second-order valence-corrected chi connectivity index (χ2v) is 6.12. The first kappa shape index (κ1) is 22.4. The third-order valence-electron chi connectivity index (χ3n) is 3.85. The average molecular weight is 417 g/mol. The lowest BCUT2D eigenvalue weighted by atomic mass is 10.1. The van der Waals surface area contributed by atoms with E-state index in [1.807, 2.05) is 18.2 Å². The molecule has 11 nitrogen and oxygen atoms in total. The molecule has 30 heavy (non-hydrogen) atoms. The monoisotopic (exact) mass is 417 g/mol. The second-order valence-electron chi connectivity index (χ2n) is 6.12. The molecular formula is C19H23N5O6. The summed E-state index contributed by atoms with van der Waals surface area (Å²) in [5, 5.41) is 7.10. The SMILES string of the molecule is COC(=O)C(Cc1cnc[nH]1)NC(=O)CNC(=O)CNC(=O)OCc1ccccc1. The average Bonchev–Trinajstić information content (AvgIpc) is 3.27. The van der Waals surface area contributed by atoms with E-state index in [1.54, 1.807) is 12.1 Å². The van der Waals surface area contributed by atoms with Crippen LogP contribution in [0.5, 0.6) is 0 Å². The molecule has 0 aliphatic heterocycles. The summed E-state index contributed by atoms with van der Waals surface area (Å²) in [6, 6.07) is 8.13. The van der Waals surface area contributed by atoms with Crippen molar-refractivity contribution < 1.29 is 28.7 Å². The number of nitrogens with one attached hydrogen (secondary N) is 4. The lowest BCUT2D eigenvalue weighted by Crippen LogP contribution is -2.48. The molecule has 0 aliphatic rings. The van der Waals surface area contributed by atoms with Crippen LogP contribution in [0, 0.1) is 0 Å². The molecular weight excluding hydrogens is 394 g/mol. The second kappa shape index (κ2) is 11.8. The minimum Gasteiger partial charge on any atom is -0.467 e. The lowest BCUT2D eigenvalue weighted by molar-refractivity contribution is -0.145. The Morgan fingerprint density at radius 2 is 1.80 bits per heavy atom. The molecule has 1 atom stereocenters. The van der Waals surface area contributed by atoms with Gasteiger partial charge in [0.15, 0.2) is 0 Å². The summed E-state index contributed by atoms with van der Waals surface area (Å²) in [6.07, 6.45) is 2.36. The number of carbonyl (C=O) groups is 4. The number of hydrogen-bond donors (Lipinski definition) is 4. The number of H-pyrrole nitrogens is 1. The number of hydrogen-bond acceptors (Lipinski definition) is 7. The first-order valence-electron chi connectivity index (χ1n) is 9.03. The van der Waals surface area contributed by atoms with E-state index in [9.17, 15) is 19.2 Å². The van der Waals surface area contributed by atoms with Gasteiger partial charge < -0.3 is 30.4 Å². The fraction of sp³-hybridized carbons (Fsp3) is 0.316. The lowest BCUT2D eigenvalue weighted by Gasteiger charge is -2.16. The van der Waals surface area contributed by atoms with Gasteiger partial charge in [-0.3, -0.25) is 9.59 Å². The molecule has 0 bridgehead atoms. The molecule has 2 rings (SSSR count). The van der Waals surface area contributed by atoms with Gasteiger partial charge in [-0.2, -0.15) is 0 Å². The van der Waals surface area contributed by atoms with Gasteiger partial charge in [-0.15, -0.1) is 0 Å². The van der Waals surface area contributed by atoms with E-state index in [4.69, 9.17) is 4.74 Å². The highest BCUT2D eigenvalue weighted by molar-refractivity contribution is 5.89. The molecule has 1 aromatic heterocycles. The molecule has 4 N–H and O–H groups in total.